The Balaban J connectivity index is 1.66. The van der Waals surface area contributed by atoms with E-state index in [2.05, 4.69) is 21.0 Å². The highest BCUT2D eigenvalue weighted by molar-refractivity contribution is 9.10. The molecule has 0 unspecified atom stereocenters. The summed E-state index contributed by atoms with van der Waals surface area (Å²) in [5.41, 5.74) is 2.36. The molecule has 190 valence electrons. The topological polar surface area (TPSA) is 102 Å². The third kappa shape index (κ3) is 5.65. The molecule has 0 radical (unpaired) electrons. The predicted molar refractivity (Wildman–Crippen MR) is 143 cm³/mol. The van der Waals surface area contributed by atoms with E-state index in [1.165, 1.54) is 12.1 Å². The number of imide groups is 1. The molecule has 8 nitrogen and oxygen atoms in total. The van der Waals surface area contributed by atoms with Crippen molar-refractivity contribution in [2.45, 2.75) is 25.7 Å². The molecule has 0 bridgehead atoms. The Hall–Kier alpha value is -3.76. The average molecular weight is 583 g/mol. The van der Waals surface area contributed by atoms with Crippen LogP contribution in [-0.2, 0) is 14.9 Å². The zero-order chi connectivity index (χ0) is 26.7. The minimum atomic E-state index is -4.13. The number of hydrogen-bond acceptors (Lipinski definition) is 7. The van der Waals surface area contributed by atoms with E-state index in [4.69, 9.17) is 8.92 Å². The quantitative estimate of drug-likeness (QED) is 0.211. The summed E-state index contributed by atoms with van der Waals surface area (Å²) >= 11 is 3.37. The van der Waals surface area contributed by atoms with Gasteiger partial charge >= 0.3 is 10.1 Å². The summed E-state index contributed by atoms with van der Waals surface area (Å²) in [7, 11) is -4.13. The van der Waals surface area contributed by atoms with Crippen LogP contribution in [0, 0.1) is 6.92 Å². The lowest BCUT2D eigenvalue weighted by molar-refractivity contribution is -0.123. The third-order valence-corrected chi connectivity index (χ3v) is 7.25. The van der Waals surface area contributed by atoms with E-state index in [0.29, 0.717) is 21.3 Å². The number of carbonyl (C=O) groups is 2. The molecule has 1 aliphatic rings. The SMILES string of the molecule is CCOc1cc(/C=C2/C(=O)N(C(=O)c3ccccc3)N=C2C)cc(Br)c1OS(=O)(=O)c1ccc(C)cc1. The molecule has 0 spiro atoms. The first-order valence-corrected chi connectivity index (χ1v) is 13.5. The van der Waals surface area contributed by atoms with Crippen LogP contribution in [0.3, 0.4) is 0 Å². The van der Waals surface area contributed by atoms with Gasteiger partial charge in [0.05, 0.1) is 22.4 Å². The van der Waals surface area contributed by atoms with Gasteiger partial charge in [-0.2, -0.15) is 18.5 Å². The molecule has 0 aromatic heterocycles. The van der Waals surface area contributed by atoms with Crippen molar-refractivity contribution in [3.05, 3.63) is 93.5 Å². The number of rotatable bonds is 7. The van der Waals surface area contributed by atoms with Gasteiger partial charge in [-0.15, -0.1) is 0 Å². The van der Waals surface area contributed by atoms with E-state index in [0.717, 1.165) is 10.6 Å². The minimum Gasteiger partial charge on any atom is -0.490 e. The maximum Gasteiger partial charge on any atom is 0.339 e. The van der Waals surface area contributed by atoms with E-state index < -0.39 is 21.9 Å². The van der Waals surface area contributed by atoms with Crippen molar-refractivity contribution in [2.75, 3.05) is 6.61 Å². The van der Waals surface area contributed by atoms with Crippen LogP contribution in [-0.4, -0.2) is 37.6 Å². The number of ether oxygens (including phenoxy) is 1. The first-order chi connectivity index (χ1) is 17.6. The molecule has 0 saturated carbocycles. The fraction of sp³-hybridized carbons (Fsp3) is 0.148. The van der Waals surface area contributed by atoms with Crippen LogP contribution < -0.4 is 8.92 Å². The maximum atomic E-state index is 13.0. The molecule has 0 atom stereocenters. The molecule has 3 aromatic rings. The van der Waals surface area contributed by atoms with Gasteiger partial charge in [-0.1, -0.05) is 35.9 Å². The van der Waals surface area contributed by atoms with Gasteiger partial charge in [-0.25, -0.2) is 0 Å². The molecule has 0 N–H and O–H groups in total. The highest BCUT2D eigenvalue weighted by Crippen LogP contribution is 2.39. The lowest BCUT2D eigenvalue weighted by atomic mass is 10.1. The number of benzene rings is 3. The Morgan fingerprint density at radius 3 is 2.38 bits per heavy atom. The summed E-state index contributed by atoms with van der Waals surface area (Å²) in [5.74, 6) is -0.956. The molecule has 3 aromatic carbocycles. The average Bonchev–Trinajstić information content (AvgIpc) is 3.15. The Morgan fingerprint density at radius 2 is 1.73 bits per heavy atom. The maximum absolute atomic E-state index is 13.0. The van der Waals surface area contributed by atoms with Crippen LogP contribution in [0.25, 0.3) is 6.08 Å². The number of carbonyl (C=O) groups excluding carboxylic acids is 2. The summed E-state index contributed by atoms with van der Waals surface area (Å²) in [6.45, 7) is 5.48. The van der Waals surface area contributed by atoms with Crippen molar-refractivity contribution in [3.63, 3.8) is 0 Å². The third-order valence-electron chi connectivity index (χ3n) is 5.42. The Labute approximate surface area is 223 Å². The standard InChI is InChI=1S/C27H23BrN2O6S/c1-4-35-24-16-19(15-23(28)25(24)36-37(33,34)21-12-10-17(2)11-13-21)14-22-18(3)29-30(27(22)32)26(31)20-8-6-5-7-9-20/h5-16H,4H2,1-3H3/b22-14+. The number of nitrogens with zero attached hydrogens (tertiary/aromatic N) is 2. The van der Waals surface area contributed by atoms with Crippen LogP contribution in [0.4, 0.5) is 0 Å². The van der Waals surface area contributed by atoms with E-state index in [-0.39, 0.29) is 28.6 Å². The van der Waals surface area contributed by atoms with Gasteiger partial charge in [-0.3, -0.25) is 9.59 Å². The summed E-state index contributed by atoms with van der Waals surface area (Å²) in [6, 6.07) is 17.8. The van der Waals surface area contributed by atoms with Crippen LogP contribution in [0.1, 0.15) is 35.3 Å². The van der Waals surface area contributed by atoms with Gasteiger partial charge in [0.25, 0.3) is 11.8 Å². The minimum absolute atomic E-state index is 0.00482. The second-order valence-electron chi connectivity index (χ2n) is 8.15. The van der Waals surface area contributed by atoms with Crippen molar-refractivity contribution >= 4 is 49.7 Å². The summed E-state index contributed by atoms with van der Waals surface area (Å²) in [5, 5.41) is 4.98. The number of halogens is 1. The molecule has 4 rings (SSSR count). The van der Waals surface area contributed by atoms with Crippen molar-refractivity contribution < 1.29 is 26.9 Å². The van der Waals surface area contributed by atoms with Gasteiger partial charge < -0.3 is 8.92 Å². The smallest absolute Gasteiger partial charge is 0.339 e. The number of aryl methyl sites for hydroxylation is 1. The molecule has 10 heteroatoms. The Bertz CT molecular complexity index is 1530. The Morgan fingerprint density at radius 1 is 1.05 bits per heavy atom. The van der Waals surface area contributed by atoms with Gasteiger partial charge in [0.1, 0.15) is 4.90 Å². The van der Waals surface area contributed by atoms with Crippen molar-refractivity contribution in [1.82, 2.24) is 5.01 Å². The molecule has 37 heavy (non-hydrogen) atoms. The van der Waals surface area contributed by atoms with Gasteiger partial charge in [-0.05, 0) is 84.7 Å². The molecule has 0 aliphatic carbocycles. The first-order valence-electron chi connectivity index (χ1n) is 11.3. The van der Waals surface area contributed by atoms with Crippen molar-refractivity contribution in [3.8, 4) is 11.5 Å². The fourth-order valence-electron chi connectivity index (χ4n) is 3.57. The zero-order valence-electron chi connectivity index (χ0n) is 20.3. The number of hydrogen-bond donors (Lipinski definition) is 0. The van der Waals surface area contributed by atoms with E-state index in [9.17, 15) is 18.0 Å². The van der Waals surface area contributed by atoms with Gasteiger partial charge in [0.2, 0.25) is 0 Å². The highest BCUT2D eigenvalue weighted by atomic mass is 79.9. The molecule has 0 saturated heterocycles. The lowest BCUT2D eigenvalue weighted by Gasteiger charge is -2.15. The molecular weight excluding hydrogens is 560 g/mol. The summed E-state index contributed by atoms with van der Waals surface area (Å²) < 4.78 is 37.2. The Kier molecular flexibility index (Phi) is 7.60. The van der Waals surface area contributed by atoms with E-state index in [1.807, 2.05) is 6.92 Å². The highest BCUT2D eigenvalue weighted by Gasteiger charge is 2.33. The second kappa shape index (κ2) is 10.7. The molecule has 1 aliphatic heterocycles. The van der Waals surface area contributed by atoms with Gasteiger partial charge in [0, 0.05) is 5.56 Å². The molecule has 0 fully saturated rings. The van der Waals surface area contributed by atoms with Crippen molar-refractivity contribution in [1.29, 1.82) is 0 Å². The van der Waals surface area contributed by atoms with Crippen LogP contribution in [0.5, 0.6) is 11.5 Å². The van der Waals surface area contributed by atoms with Crippen molar-refractivity contribution in [2.24, 2.45) is 5.10 Å². The predicted octanol–water partition coefficient (Wildman–Crippen LogP) is 5.37. The molecule has 2 amide bonds. The summed E-state index contributed by atoms with van der Waals surface area (Å²) in [4.78, 5) is 25.8. The lowest BCUT2D eigenvalue weighted by Crippen LogP contribution is -2.29. The zero-order valence-corrected chi connectivity index (χ0v) is 22.7. The summed E-state index contributed by atoms with van der Waals surface area (Å²) in [6.07, 6.45) is 1.56. The van der Waals surface area contributed by atoms with Crippen LogP contribution >= 0.6 is 15.9 Å². The van der Waals surface area contributed by atoms with E-state index >= 15 is 0 Å². The normalized spacial score (nSPS) is 14.6. The molecule has 1 heterocycles. The van der Waals surface area contributed by atoms with Crippen LogP contribution in [0.15, 0.2) is 86.8 Å². The molecular formula is C27H23BrN2O6S. The monoisotopic (exact) mass is 582 g/mol. The second-order valence-corrected chi connectivity index (χ2v) is 10.5. The fourth-order valence-corrected chi connectivity index (χ4v) is 5.17. The number of amides is 2. The van der Waals surface area contributed by atoms with Gasteiger partial charge in [0.15, 0.2) is 11.5 Å². The van der Waals surface area contributed by atoms with E-state index in [1.54, 1.807) is 74.5 Å². The number of hydrazone groups is 1. The van der Waals surface area contributed by atoms with Crippen LogP contribution in [0.2, 0.25) is 0 Å². The largest absolute Gasteiger partial charge is 0.490 e. The first kappa shape index (κ1) is 26.3.